The second-order valence-electron chi connectivity index (χ2n) is 3.38. The monoisotopic (exact) mass is 233 g/mol. The maximum Gasteiger partial charge on any atom is 0.204 e. The van der Waals surface area contributed by atoms with Crippen LogP contribution >= 0.6 is 12.2 Å². The molecule has 2 rings (SSSR count). The highest BCUT2D eigenvalue weighted by Crippen LogP contribution is 2.13. The van der Waals surface area contributed by atoms with Crippen molar-refractivity contribution in [3.8, 4) is 11.4 Å². The molecule has 16 heavy (non-hydrogen) atoms. The summed E-state index contributed by atoms with van der Waals surface area (Å²) >= 11 is 4.88. The molecule has 0 aliphatic heterocycles. The Hall–Kier alpha value is -1.82. The van der Waals surface area contributed by atoms with Crippen LogP contribution in [0.2, 0.25) is 0 Å². The van der Waals surface area contributed by atoms with Gasteiger partial charge in [-0.3, -0.25) is 0 Å². The van der Waals surface area contributed by atoms with Crippen LogP contribution in [0.4, 0.5) is 0 Å². The number of hydrogen-bond donors (Lipinski definition) is 1. The average Bonchev–Trinajstić information content (AvgIpc) is 2.78. The number of nitrogens with zero attached hydrogens (tertiary/aromatic N) is 4. The van der Waals surface area contributed by atoms with Crippen LogP contribution in [0.1, 0.15) is 13.0 Å². The van der Waals surface area contributed by atoms with Crippen LogP contribution in [0.5, 0.6) is 0 Å². The summed E-state index contributed by atoms with van der Waals surface area (Å²) in [5, 5.41) is 12.1. The van der Waals surface area contributed by atoms with E-state index in [1.165, 1.54) is 4.80 Å². The van der Waals surface area contributed by atoms with Crippen molar-refractivity contribution in [3.63, 3.8) is 0 Å². The molecule has 5 nitrogen and oxygen atoms in total. The first-order chi connectivity index (χ1) is 7.68. The molecule has 1 aromatic carbocycles. The lowest BCUT2D eigenvalue weighted by Gasteiger charge is -2.05. The zero-order valence-corrected chi connectivity index (χ0v) is 9.56. The molecule has 0 spiro atoms. The zero-order chi connectivity index (χ0) is 11.5. The topological polar surface area (TPSA) is 69.6 Å². The molecule has 1 heterocycles. The van der Waals surface area contributed by atoms with Crippen molar-refractivity contribution in [1.82, 2.24) is 20.2 Å². The number of thiocarbonyl (C=S) groups is 1. The van der Waals surface area contributed by atoms with E-state index in [0.717, 1.165) is 5.56 Å². The van der Waals surface area contributed by atoms with Gasteiger partial charge in [0.2, 0.25) is 5.82 Å². The minimum Gasteiger partial charge on any atom is -0.391 e. The molecular formula is C10H11N5S. The summed E-state index contributed by atoms with van der Waals surface area (Å²) in [6.07, 6.45) is 0. The first kappa shape index (κ1) is 10.7. The summed E-state index contributed by atoms with van der Waals surface area (Å²) < 4.78 is 0. The SMILES string of the molecule is CC(C(N)=S)n1nnc(-c2ccccc2)n1. The van der Waals surface area contributed by atoms with Gasteiger partial charge in [0.05, 0.1) is 4.99 Å². The van der Waals surface area contributed by atoms with E-state index < -0.39 is 0 Å². The van der Waals surface area contributed by atoms with Crippen LogP contribution < -0.4 is 5.73 Å². The van der Waals surface area contributed by atoms with E-state index in [9.17, 15) is 0 Å². The van der Waals surface area contributed by atoms with Crippen LogP contribution in [-0.2, 0) is 0 Å². The summed E-state index contributed by atoms with van der Waals surface area (Å²) in [7, 11) is 0. The van der Waals surface area contributed by atoms with Gasteiger partial charge >= 0.3 is 0 Å². The van der Waals surface area contributed by atoms with Crippen molar-refractivity contribution in [2.45, 2.75) is 13.0 Å². The lowest BCUT2D eigenvalue weighted by Crippen LogP contribution is -2.24. The molecule has 1 atom stereocenters. The Morgan fingerprint density at radius 2 is 2.06 bits per heavy atom. The minimum atomic E-state index is -0.222. The number of rotatable bonds is 3. The number of tetrazole rings is 1. The maximum atomic E-state index is 5.52. The number of hydrogen-bond acceptors (Lipinski definition) is 4. The third-order valence-corrected chi connectivity index (χ3v) is 2.56. The van der Waals surface area contributed by atoms with E-state index in [4.69, 9.17) is 18.0 Å². The Balaban J connectivity index is 2.30. The van der Waals surface area contributed by atoms with Crippen molar-refractivity contribution in [2.24, 2.45) is 5.73 Å². The third-order valence-electron chi connectivity index (χ3n) is 2.22. The molecule has 2 N–H and O–H groups in total. The molecule has 0 amide bonds. The largest absolute Gasteiger partial charge is 0.391 e. The summed E-state index contributed by atoms with van der Waals surface area (Å²) in [4.78, 5) is 1.77. The van der Waals surface area contributed by atoms with Crippen molar-refractivity contribution >= 4 is 17.2 Å². The first-order valence-corrected chi connectivity index (χ1v) is 5.23. The average molecular weight is 233 g/mol. The lowest BCUT2D eigenvalue weighted by molar-refractivity contribution is 0.516. The van der Waals surface area contributed by atoms with E-state index in [-0.39, 0.29) is 6.04 Å². The van der Waals surface area contributed by atoms with Crippen molar-refractivity contribution < 1.29 is 0 Å². The molecule has 1 unspecified atom stereocenters. The molecule has 6 heteroatoms. The maximum absolute atomic E-state index is 5.52. The number of benzene rings is 1. The van der Waals surface area contributed by atoms with Gasteiger partial charge in [0, 0.05) is 5.56 Å². The van der Waals surface area contributed by atoms with E-state index in [2.05, 4.69) is 15.4 Å². The molecule has 0 saturated heterocycles. The predicted octanol–water partition coefficient (Wildman–Crippen LogP) is 1.19. The van der Waals surface area contributed by atoms with Crippen LogP contribution in [0.25, 0.3) is 11.4 Å². The Morgan fingerprint density at radius 1 is 1.38 bits per heavy atom. The molecule has 82 valence electrons. The van der Waals surface area contributed by atoms with Crippen molar-refractivity contribution in [2.75, 3.05) is 0 Å². The van der Waals surface area contributed by atoms with Gasteiger partial charge in [-0.05, 0) is 12.1 Å². The first-order valence-electron chi connectivity index (χ1n) is 4.82. The Morgan fingerprint density at radius 3 is 2.69 bits per heavy atom. The lowest BCUT2D eigenvalue weighted by atomic mass is 10.2. The molecule has 0 radical (unpaired) electrons. The fourth-order valence-electron chi connectivity index (χ4n) is 1.21. The molecular weight excluding hydrogens is 222 g/mol. The summed E-state index contributed by atoms with van der Waals surface area (Å²) in [5.74, 6) is 0.573. The summed E-state index contributed by atoms with van der Waals surface area (Å²) in [6.45, 7) is 1.83. The molecule has 1 aromatic heterocycles. The highest BCUT2D eigenvalue weighted by atomic mass is 32.1. The van der Waals surface area contributed by atoms with Crippen LogP contribution in [0, 0.1) is 0 Å². The predicted molar refractivity (Wildman–Crippen MR) is 64.7 cm³/mol. The Kier molecular flexibility index (Phi) is 2.91. The van der Waals surface area contributed by atoms with Crippen LogP contribution in [0.3, 0.4) is 0 Å². The quantitative estimate of drug-likeness (QED) is 0.806. The fourth-order valence-corrected chi connectivity index (χ4v) is 1.30. The minimum absolute atomic E-state index is 0.222. The Bertz CT molecular complexity index is 493. The fraction of sp³-hybridized carbons (Fsp3) is 0.200. The molecule has 0 aliphatic carbocycles. The van der Waals surface area contributed by atoms with Gasteiger partial charge in [0.1, 0.15) is 6.04 Å². The molecule has 2 aromatic rings. The second-order valence-corrected chi connectivity index (χ2v) is 3.85. The second kappa shape index (κ2) is 4.36. The standard InChI is InChI=1S/C10H11N5S/c1-7(9(11)16)15-13-10(12-14-15)8-5-3-2-4-6-8/h2-7H,1H3,(H2,11,16). The number of nitrogens with two attached hydrogens (primary N) is 1. The van der Waals surface area contributed by atoms with Crippen LogP contribution in [-0.4, -0.2) is 25.2 Å². The van der Waals surface area contributed by atoms with Gasteiger partial charge in [-0.25, -0.2) is 0 Å². The van der Waals surface area contributed by atoms with Crippen molar-refractivity contribution in [3.05, 3.63) is 30.3 Å². The molecule has 0 bridgehead atoms. The normalized spacial score (nSPS) is 12.3. The van der Waals surface area contributed by atoms with Gasteiger partial charge in [0.15, 0.2) is 0 Å². The zero-order valence-electron chi connectivity index (χ0n) is 8.74. The highest BCUT2D eigenvalue weighted by molar-refractivity contribution is 7.80. The van der Waals surface area contributed by atoms with Gasteiger partial charge in [-0.1, -0.05) is 42.5 Å². The van der Waals surface area contributed by atoms with Crippen molar-refractivity contribution in [1.29, 1.82) is 0 Å². The van der Waals surface area contributed by atoms with E-state index in [1.54, 1.807) is 0 Å². The number of aromatic nitrogens is 4. The summed E-state index contributed by atoms with van der Waals surface area (Å²) in [6, 6.07) is 9.41. The van der Waals surface area contributed by atoms with Gasteiger partial charge < -0.3 is 5.73 Å². The van der Waals surface area contributed by atoms with Gasteiger partial charge in [-0.15, -0.1) is 10.2 Å². The molecule has 0 saturated carbocycles. The van der Waals surface area contributed by atoms with E-state index >= 15 is 0 Å². The molecule has 0 fully saturated rings. The smallest absolute Gasteiger partial charge is 0.204 e. The summed E-state index contributed by atoms with van der Waals surface area (Å²) in [5.41, 5.74) is 6.44. The highest BCUT2D eigenvalue weighted by Gasteiger charge is 2.12. The van der Waals surface area contributed by atoms with E-state index in [1.807, 2.05) is 37.3 Å². The third kappa shape index (κ3) is 2.06. The van der Waals surface area contributed by atoms with E-state index in [0.29, 0.717) is 10.8 Å². The molecule has 0 aliphatic rings. The van der Waals surface area contributed by atoms with Crippen LogP contribution in [0.15, 0.2) is 30.3 Å². The Labute approximate surface area is 98.3 Å². The van der Waals surface area contributed by atoms with Gasteiger partial charge in [-0.2, -0.15) is 4.80 Å². The van der Waals surface area contributed by atoms with Gasteiger partial charge in [0.25, 0.3) is 0 Å².